The van der Waals surface area contributed by atoms with Gasteiger partial charge in [-0.25, -0.2) is 10.2 Å². The van der Waals surface area contributed by atoms with Crippen LogP contribution in [-0.2, 0) is 30.3 Å². The second kappa shape index (κ2) is 13.9. The van der Waals surface area contributed by atoms with Crippen molar-refractivity contribution >= 4 is 29.9 Å². The smallest absolute Gasteiger partial charge is 0.328 e. The van der Waals surface area contributed by atoms with Gasteiger partial charge in [-0.1, -0.05) is 57.5 Å². The number of carbonyl (C=O) groups is 4. The van der Waals surface area contributed by atoms with Crippen molar-refractivity contribution in [2.75, 3.05) is 7.11 Å². The highest BCUT2D eigenvalue weighted by Gasteiger charge is 2.29. The third-order valence-corrected chi connectivity index (χ3v) is 4.41. The van der Waals surface area contributed by atoms with Crippen molar-refractivity contribution in [3.8, 4) is 0 Å². The number of esters is 1. The Morgan fingerprint density at radius 1 is 1.10 bits per heavy atom. The summed E-state index contributed by atoms with van der Waals surface area (Å²) >= 11 is 0. The summed E-state index contributed by atoms with van der Waals surface area (Å²) in [6.07, 6.45) is 1.95. The molecule has 0 aliphatic rings. The Morgan fingerprint density at radius 3 is 2.32 bits per heavy atom. The molecule has 0 fully saturated rings. The van der Waals surface area contributed by atoms with Gasteiger partial charge in [0.25, 0.3) is 5.91 Å². The Kier molecular flexibility index (Phi) is 11.6. The van der Waals surface area contributed by atoms with Crippen molar-refractivity contribution < 1.29 is 23.9 Å². The van der Waals surface area contributed by atoms with Crippen molar-refractivity contribution in [3.63, 3.8) is 0 Å². The molecule has 0 aliphatic carbocycles. The van der Waals surface area contributed by atoms with Crippen LogP contribution in [0.4, 0.5) is 0 Å². The molecule has 9 heteroatoms. The second-order valence-corrected chi connectivity index (χ2v) is 7.49. The zero-order chi connectivity index (χ0) is 23.2. The van der Waals surface area contributed by atoms with E-state index in [2.05, 4.69) is 21.2 Å². The number of benzene rings is 1. The van der Waals surface area contributed by atoms with E-state index in [0.717, 1.165) is 5.56 Å². The number of rotatable bonds is 13. The number of carbonyl (C=O) groups excluding carboxylic acids is 4. The van der Waals surface area contributed by atoms with Crippen LogP contribution in [0.15, 0.2) is 35.4 Å². The van der Waals surface area contributed by atoms with Crippen molar-refractivity contribution in [1.29, 1.82) is 0 Å². The van der Waals surface area contributed by atoms with E-state index in [0.29, 0.717) is 25.7 Å². The lowest BCUT2D eigenvalue weighted by molar-refractivity contribution is -0.145. The van der Waals surface area contributed by atoms with Crippen LogP contribution in [0.2, 0.25) is 0 Å². The highest BCUT2D eigenvalue weighted by molar-refractivity contribution is 6.39. The molecule has 0 heterocycles. The lowest BCUT2D eigenvalue weighted by atomic mass is 10.0. The minimum absolute atomic E-state index is 0.0985. The van der Waals surface area contributed by atoms with E-state index in [4.69, 9.17) is 4.74 Å². The van der Waals surface area contributed by atoms with Gasteiger partial charge in [-0.2, -0.15) is 5.10 Å². The minimum atomic E-state index is -0.896. The first-order valence-electron chi connectivity index (χ1n) is 10.3. The molecular formula is C22H32N4O5. The highest BCUT2D eigenvalue weighted by atomic mass is 16.5. The maximum Gasteiger partial charge on any atom is 0.328 e. The van der Waals surface area contributed by atoms with Gasteiger partial charge in [0.2, 0.25) is 12.3 Å². The van der Waals surface area contributed by atoms with Gasteiger partial charge in [-0.3, -0.25) is 14.4 Å². The summed E-state index contributed by atoms with van der Waals surface area (Å²) in [7, 11) is 1.26. The third kappa shape index (κ3) is 9.41. The quantitative estimate of drug-likeness (QED) is 0.188. The monoisotopic (exact) mass is 432 g/mol. The molecule has 0 saturated carbocycles. The fourth-order valence-electron chi connectivity index (χ4n) is 2.96. The first kappa shape index (κ1) is 25.8. The van der Waals surface area contributed by atoms with Crippen molar-refractivity contribution in [3.05, 3.63) is 35.9 Å². The van der Waals surface area contributed by atoms with Crippen LogP contribution in [0, 0.1) is 5.92 Å². The van der Waals surface area contributed by atoms with Crippen LogP contribution >= 0.6 is 0 Å². The van der Waals surface area contributed by atoms with Gasteiger partial charge in [-0.15, -0.1) is 0 Å². The maximum absolute atomic E-state index is 13.0. The van der Waals surface area contributed by atoms with E-state index >= 15 is 0 Å². The summed E-state index contributed by atoms with van der Waals surface area (Å²) in [5.41, 5.74) is 3.10. The largest absolute Gasteiger partial charge is 0.467 e. The summed E-state index contributed by atoms with van der Waals surface area (Å²) in [5, 5.41) is 9.14. The maximum atomic E-state index is 13.0. The molecule has 31 heavy (non-hydrogen) atoms. The van der Waals surface area contributed by atoms with Crippen molar-refractivity contribution in [2.45, 2.75) is 58.5 Å². The Balaban J connectivity index is 2.99. The Hall–Kier alpha value is -3.23. The SMILES string of the molecule is CCC/C(=N\NC=O)C(=O)N[C@@H](CC(C)C)C(=O)N[C@@H](Cc1ccccc1)C(=O)OC. The summed E-state index contributed by atoms with van der Waals surface area (Å²) < 4.78 is 4.84. The fraction of sp³-hybridized carbons (Fsp3) is 0.500. The number of methoxy groups -OCH3 is 1. The highest BCUT2D eigenvalue weighted by Crippen LogP contribution is 2.09. The number of nitrogens with zero attached hydrogens (tertiary/aromatic N) is 1. The Morgan fingerprint density at radius 2 is 1.77 bits per heavy atom. The van der Waals surface area contributed by atoms with E-state index in [1.54, 1.807) is 0 Å². The molecular weight excluding hydrogens is 400 g/mol. The van der Waals surface area contributed by atoms with Gasteiger partial charge in [-0.05, 0) is 24.3 Å². The Bertz CT molecular complexity index is 764. The molecule has 9 nitrogen and oxygen atoms in total. The predicted molar refractivity (Wildman–Crippen MR) is 117 cm³/mol. The number of amides is 3. The molecule has 0 unspecified atom stereocenters. The van der Waals surface area contributed by atoms with E-state index < -0.39 is 29.9 Å². The van der Waals surface area contributed by atoms with Crippen LogP contribution in [-0.4, -0.2) is 49.1 Å². The first-order valence-corrected chi connectivity index (χ1v) is 10.3. The number of nitrogens with one attached hydrogen (secondary N) is 3. The number of hydrazone groups is 1. The van der Waals surface area contributed by atoms with Gasteiger partial charge in [0.05, 0.1) is 7.11 Å². The van der Waals surface area contributed by atoms with Crippen LogP contribution in [0.5, 0.6) is 0 Å². The molecule has 2 atom stereocenters. The van der Waals surface area contributed by atoms with Crippen LogP contribution < -0.4 is 16.1 Å². The standard InChI is InChI=1S/C22H32N4O5/c1-5-9-17(26-23-14-27)20(28)24-18(12-15(2)3)21(29)25-19(22(30)31-4)13-16-10-7-6-8-11-16/h6-8,10-11,14-15,18-19H,5,9,12-13H2,1-4H3,(H,23,27)(H,24,28)(H,25,29)/b26-17+/t18-,19-/m0/s1. The lowest BCUT2D eigenvalue weighted by Gasteiger charge is -2.23. The van der Waals surface area contributed by atoms with Gasteiger partial charge in [0.1, 0.15) is 17.8 Å². The zero-order valence-corrected chi connectivity index (χ0v) is 18.5. The lowest BCUT2D eigenvalue weighted by Crippen LogP contribution is -2.54. The molecule has 1 rings (SSSR count). The molecule has 0 aromatic heterocycles. The topological polar surface area (TPSA) is 126 Å². The summed E-state index contributed by atoms with van der Waals surface area (Å²) in [6, 6.07) is 7.47. The molecule has 0 spiro atoms. The van der Waals surface area contributed by atoms with Crippen molar-refractivity contribution in [2.24, 2.45) is 11.0 Å². The molecule has 1 aromatic carbocycles. The number of hydrogen-bond acceptors (Lipinski definition) is 6. The average molecular weight is 433 g/mol. The predicted octanol–water partition coefficient (Wildman–Crippen LogP) is 1.32. The Labute approximate surface area is 183 Å². The van der Waals surface area contributed by atoms with Crippen molar-refractivity contribution in [1.82, 2.24) is 16.1 Å². The third-order valence-electron chi connectivity index (χ3n) is 4.41. The molecule has 3 amide bonds. The summed E-state index contributed by atoms with van der Waals surface area (Å²) in [6.45, 7) is 5.71. The van der Waals surface area contributed by atoms with Gasteiger partial charge < -0.3 is 15.4 Å². The average Bonchev–Trinajstić information content (AvgIpc) is 2.75. The van der Waals surface area contributed by atoms with Gasteiger partial charge in [0.15, 0.2) is 0 Å². The van der Waals surface area contributed by atoms with E-state index in [-0.39, 0.29) is 18.1 Å². The summed E-state index contributed by atoms with van der Waals surface area (Å²) in [4.78, 5) is 48.4. The molecule has 3 N–H and O–H groups in total. The van der Waals surface area contributed by atoms with E-state index in [1.165, 1.54) is 7.11 Å². The number of hydrogen-bond donors (Lipinski definition) is 3. The normalized spacial score (nSPS) is 13.1. The molecule has 0 saturated heterocycles. The molecule has 170 valence electrons. The van der Waals surface area contributed by atoms with E-state index in [1.807, 2.05) is 51.1 Å². The van der Waals surface area contributed by atoms with Gasteiger partial charge in [0, 0.05) is 6.42 Å². The zero-order valence-electron chi connectivity index (χ0n) is 18.5. The number of ether oxygens (including phenoxy) is 1. The molecule has 0 aliphatic heterocycles. The summed E-state index contributed by atoms with van der Waals surface area (Å²) in [5.74, 6) is -1.51. The fourth-order valence-corrected chi connectivity index (χ4v) is 2.96. The molecule has 1 aromatic rings. The molecule has 0 bridgehead atoms. The van der Waals surface area contributed by atoms with Crippen LogP contribution in [0.1, 0.15) is 45.6 Å². The molecule has 0 radical (unpaired) electrons. The van der Waals surface area contributed by atoms with Crippen LogP contribution in [0.3, 0.4) is 0 Å². The first-order chi connectivity index (χ1) is 14.8. The second-order valence-electron chi connectivity index (χ2n) is 7.49. The van der Waals surface area contributed by atoms with E-state index in [9.17, 15) is 19.2 Å². The minimum Gasteiger partial charge on any atom is -0.467 e. The van der Waals surface area contributed by atoms with Gasteiger partial charge >= 0.3 is 5.97 Å². The van der Waals surface area contributed by atoms with Crippen LogP contribution in [0.25, 0.3) is 0 Å².